The van der Waals surface area contributed by atoms with Gasteiger partial charge in [-0.2, -0.15) is 0 Å². The van der Waals surface area contributed by atoms with Crippen LogP contribution in [0.5, 0.6) is 0 Å². The van der Waals surface area contributed by atoms with E-state index in [9.17, 15) is 14.4 Å². The summed E-state index contributed by atoms with van der Waals surface area (Å²) in [5.41, 5.74) is 0.133. The highest BCUT2D eigenvalue weighted by Crippen LogP contribution is 2.23. The Morgan fingerprint density at radius 3 is 2.60 bits per heavy atom. The zero-order chi connectivity index (χ0) is 15.1. The van der Waals surface area contributed by atoms with Crippen molar-refractivity contribution in [2.45, 2.75) is 26.3 Å². The Balaban J connectivity index is 2.38. The molecule has 0 unspecified atom stereocenters. The van der Waals surface area contributed by atoms with Gasteiger partial charge in [-0.3, -0.25) is 19.7 Å². The van der Waals surface area contributed by atoms with Gasteiger partial charge in [-0.15, -0.1) is 0 Å². The largest absolute Gasteiger partial charge is 0.315 e. The third-order valence-electron chi connectivity index (χ3n) is 3.45. The molecule has 0 atom stereocenters. The van der Waals surface area contributed by atoms with Gasteiger partial charge in [0.1, 0.15) is 12.1 Å². The fraction of sp³-hybridized carbons (Fsp3) is 0.357. The zero-order valence-electron chi connectivity index (χ0n) is 11.5. The van der Waals surface area contributed by atoms with Crippen LogP contribution in [0.3, 0.4) is 0 Å². The predicted octanol–water partition coefficient (Wildman–Crippen LogP) is 1.53. The van der Waals surface area contributed by atoms with Crippen molar-refractivity contribution in [3.63, 3.8) is 0 Å². The van der Waals surface area contributed by atoms with E-state index in [4.69, 9.17) is 11.6 Å². The van der Waals surface area contributed by atoms with E-state index in [0.29, 0.717) is 10.6 Å². The topological polar surface area (TPSA) is 66.5 Å². The summed E-state index contributed by atoms with van der Waals surface area (Å²) in [6.07, 6.45) is 0. The SMILES string of the molecule is Cc1ccc(C(=O)N2CC(=O)NC(=O)C2(C)C)cc1Cl. The molecule has 2 rings (SSSR count). The standard InChI is InChI=1S/C14H15ClN2O3/c1-8-4-5-9(6-10(8)15)12(19)17-7-11(18)16-13(20)14(17,2)3/h4-6H,7H2,1-3H3,(H,16,18,20). The molecule has 106 valence electrons. The molecular formula is C14H15ClN2O3. The number of hydrogen-bond acceptors (Lipinski definition) is 3. The summed E-state index contributed by atoms with van der Waals surface area (Å²) in [5.74, 6) is -1.36. The van der Waals surface area contributed by atoms with Gasteiger partial charge in [-0.1, -0.05) is 17.7 Å². The van der Waals surface area contributed by atoms with Crippen molar-refractivity contribution < 1.29 is 14.4 Å². The maximum atomic E-state index is 12.5. The van der Waals surface area contributed by atoms with Crippen LogP contribution in [0.1, 0.15) is 29.8 Å². The molecule has 0 bridgehead atoms. The highest BCUT2D eigenvalue weighted by atomic mass is 35.5. The fourth-order valence-electron chi connectivity index (χ4n) is 1.99. The number of amides is 3. The smallest absolute Gasteiger partial charge is 0.255 e. The van der Waals surface area contributed by atoms with E-state index in [0.717, 1.165) is 5.56 Å². The van der Waals surface area contributed by atoms with Crippen LogP contribution in [0.2, 0.25) is 5.02 Å². The number of benzene rings is 1. The van der Waals surface area contributed by atoms with Crippen LogP contribution in [0, 0.1) is 6.92 Å². The number of carbonyl (C=O) groups is 3. The van der Waals surface area contributed by atoms with E-state index in [-0.39, 0.29) is 12.5 Å². The number of nitrogens with zero attached hydrogens (tertiary/aromatic N) is 1. The van der Waals surface area contributed by atoms with Gasteiger partial charge in [-0.05, 0) is 38.5 Å². The number of halogens is 1. The monoisotopic (exact) mass is 294 g/mol. The number of nitrogens with one attached hydrogen (secondary N) is 1. The average molecular weight is 295 g/mol. The van der Waals surface area contributed by atoms with Gasteiger partial charge >= 0.3 is 0 Å². The van der Waals surface area contributed by atoms with Crippen molar-refractivity contribution >= 4 is 29.3 Å². The van der Waals surface area contributed by atoms with E-state index in [1.165, 1.54) is 4.90 Å². The lowest BCUT2D eigenvalue weighted by atomic mass is 9.97. The van der Waals surface area contributed by atoms with E-state index in [1.807, 2.05) is 6.92 Å². The van der Waals surface area contributed by atoms with Gasteiger partial charge in [0.05, 0.1) is 0 Å². The van der Waals surface area contributed by atoms with Crippen molar-refractivity contribution in [3.8, 4) is 0 Å². The van der Waals surface area contributed by atoms with Gasteiger partial charge < -0.3 is 4.90 Å². The Hall–Kier alpha value is -1.88. The maximum Gasteiger partial charge on any atom is 0.255 e. The molecule has 1 aliphatic heterocycles. The molecule has 1 N–H and O–H groups in total. The fourth-order valence-corrected chi connectivity index (χ4v) is 2.17. The van der Waals surface area contributed by atoms with E-state index in [2.05, 4.69) is 5.32 Å². The Morgan fingerprint density at radius 2 is 2.00 bits per heavy atom. The lowest BCUT2D eigenvalue weighted by Crippen LogP contribution is -2.65. The Bertz CT molecular complexity index is 610. The molecule has 1 aliphatic rings. The molecule has 1 aromatic carbocycles. The summed E-state index contributed by atoms with van der Waals surface area (Å²) >= 11 is 6.01. The molecule has 1 aromatic rings. The quantitative estimate of drug-likeness (QED) is 0.799. The lowest BCUT2D eigenvalue weighted by Gasteiger charge is -2.40. The maximum absolute atomic E-state index is 12.5. The first-order chi connectivity index (χ1) is 9.23. The van der Waals surface area contributed by atoms with Gasteiger partial charge in [0.15, 0.2) is 0 Å². The van der Waals surface area contributed by atoms with Gasteiger partial charge in [0, 0.05) is 10.6 Å². The third-order valence-corrected chi connectivity index (χ3v) is 3.86. The van der Waals surface area contributed by atoms with Crippen LogP contribution in [0.4, 0.5) is 0 Å². The molecule has 6 heteroatoms. The Morgan fingerprint density at radius 1 is 1.35 bits per heavy atom. The number of carbonyl (C=O) groups excluding carboxylic acids is 3. The predicted molar refractivity (Wildman–Crippen MR) is 74.5 cm³/mol. The first kappa shape index (κ1) is 14.5. The summed E-state index contributed by atoms with van der Waals surface area (Å²) in [6, 6.07) is 4.91. The van der Waals surface area contributed by atoms with Crippen LogP contribution in [-0.4, -0.2) is 34.7 Å². The van der Waals surface area contributed by atoms with E-state index >= 15 is 0 Å². The number of rotatable bonds is 1. The lowest BCUT2D eigenvalue weighted by molar-refractivity contribution is -0.143. The molecule has 1 heterocycles. The Kier molecular flexibility index (Phi) is 3.56. The first-order valence-corrected chi connectivity index (χ1v) is 6.53. The summed E-state index contributed by atoms with van der Waals surface area (Å²) in [7, 11) is 0. The summed E-state index contributed by atoms with van der Waals surface area (Å²) < 4.78 is 0. The van der Waals surface area contributed by atoms with Gasteiger partial charge in [-0.25, -0.2) is 0 Å². The number of imide groups is 1. The molecule has 1 fully saturated rings. The van der Waals surface area contributed by atoms with Gasteiger partial charge in [0.2, 0.25) is 5.91 Å². The first-order valence-electron chi connectivity index (χ1n) is 6.16. The highest BCUT2D eigenvalue weighted by Gasteiger charge is 2.43. The number of aryl methyl sites for hydroxylation is 1. The summed E-state index contributed by atoms with van der Waals surface area (Å²) in [4.78, 5) is 37.1. The normalized spacial score (nSPS) is 17.9. The van der Waals surface area contributed by atoms with Crippen molar-refractivity contribution in [1.82, 2.24) is 10.2 Å². The van der Waals surface area contributed by atoms with Crippen LogP contribution in [-0.2, 0) is 9.59 Å². The van der Waals surface area contributed by atoms with Crippen LogP contribution >= 0.6 is 11.6 Å². The molecule has 0 aliphatic carbocycles. The van der Waals surface area contributed by atoms with Crippen LogP contribution < -0.4 is 5.32 Å². The minimum atomic E-state index is -1.08. The van der Waals surface area contributed by atoms with Crippen molar-refractivity contribution in [3.05, 3.63) is 34.3 Å². The molecule has 20 heavy (non-hydrogen) atoms. The second kappa shape index (κ2) is 4.90. The molecule has 3 amide bonds. The molecule has 5 nitrogen and oxygen atoms in total. The third kappa shape index (κ3) is 2.41. The minimum absolute atomic E-state index is 0.150. The summed E-state index contributed by atoms with van der Waals surface area (Å²) in [5, 5.41) is 2.70. The number of piperazine rings is 1. The van der Waals surface area contributed by atoms with Gasteiger partial charge in [0.25, 0.3) is 11.8 Å². The van der Waals surface area contributed by atoms with Crippen LogP contribution in [0.15, 0.2) is 18.2 Å². The van der Waals surface area contributed by atoms with E-state index < -0.39 is 17.4 Å². The Labute approximate surface area is 121 Å². The zero-order valence-corrected chi connectivity index (χ0v) is 12.2. The van der Waals surface area contributed by atoms with Crippen molar-refractivity contribution in [1.29, 1.82) is 0 Å². The molecule has 0 saturated carbocycles. The number of hydrogen-bond donors (Lipinski definition) is 1. The van der Waals surface area contributed by atoms with E-state index in [1.54, 1.807) is 32.0 Å². The average Bonchev–Trinajstić information content (AvgIpc) is 2.36. The molecule has 0 spiro atoms. The second-order valence-corrected chi connectivity index (χ2v) is 5.70. The molecule has 0 radical (unpaired) electrons. The minimum Gasteiger partial charge on any atom is -0.315 e. The van der Waals surface area contributed by atoms with Crippen LogP contribution in [0.25, 0.3) is 0 Å². The van der Waals surface area contributed by atoms with Crippen molar-refractivity contribution in [2.24, 2.45) is 0 Å². The molecule has 0 aromatic heterocycles. The second-order valence-electron chi connectivity index (χ2n) is 5.29. The van der Waals surface area contributed by atoms with Crippen molar-refractivity contribution in [2.75, 3.05) is 6.54 Å². The molecular weight excluding hydrogens is 280 g/mol. The highest BCUT2D eigenvalue weighted by molar-refractivity contribution is 6.31. The summed E-state index contributed by atoms with van der Waals surface area (Å²) in [6.45, 7) is 4.88. The molecule has 1 saturated heterocycles.